The van der Waals surface area contributed by atoms with Crippen LogP contribution >= 0.6 is 0 Å². The molecule has 3 rings (SSSR count). The number of rotatable bonds is 1. The van der Waals surface area contributed by atoms with E-state index in [4.69, 9.17) is 5.73 Å². The Balaban J connectivity index is 2.28. The Morgan fingerprint density at radius 1 is 0.882 bits per heavy atom. The summed E-state index contributed by atoms with van der Waals surface area (Å²) in [6.45, 7) is 0. The predicted molar refractivity (Wildman–Crippen MR) is 63.8 cm³/mol. The molecule has 0 heterocycles. The Bertz CT molecular complexity index is 659. The summed E-state index contributed by atoms with van der Waals surface area (Å²) >= 11 is 0. The van der Waals surface area contributed by atoms with Gasteiger partial charge in [0.05, 0.1) is 0 Å². The van der Waals surface area contributed by atoms with E-state index in [1.165, 1.54) is 0 Å². The average Bonchev–Trinajstić information content (AvgIpc) is 2.64. The molecule has 0 bridgehead atoms. The smallest absolute Gasteiger partial charge is 0.248 e. The first-order valence-electron chi connectivity index (χ1n) is 5.26. The van der Waals surface area contributed by atoms with Crippen LogP contribution in [0.4, 0.5) is 0 Å². The van der Waals surface area contributed by atoms with Crippen molar-refractivity contribution in [3.63, 3.8) is 0 Å². The summed E-state index contributed by atoms with van der Waals surface area (Å²) in [5.74, 6) is -0.560. The highest BCUT2D eigenvalue weighted by molar-refractivity contribution is 6.22. The van der Waals surface area contributed by atoms with E-state index in [1.54, 1.807) is 24.3 Å². The maximum Gasteiger partial charge on any atom is 0.248 e. The lowest BCUT2D eigenvalue weighted by Crippen LogP contribution is -2.11. The van der Waals surface area contributed by atoms with Gasteiger partial charge < -0.3 is 5.73 Å². The zero-order chi connectivity index (χ0) is 12.0. The molecule has 0 spiro atoms. The number of carbonyl (C=O) groups excluding carboxylic acids is 2. The molecular formula is C14H9NO2. The zero-order valence-corrected chi connectivity index (χ0v) is 8.94. The van der Waals surface area contributed by atoms with Crippen molar-refractivity contribution in [3.05, 3.63) is 59.2 Å². The maximum absolute atomic E-state index is 12.1. The predicted octanol–water partition coefficient (Wildman–Crippen LogP) is 2.00. The molecule has 17 heavy (non-hydrogen) atoms. The van der Waals surface area contributed by atoms with Gasteiger partial charge in [0, 0.05) is 16.7 Å². The van der Waals surface area contributed by atoms with Gasteiger partial charge >= 0.3 is 0 Å². The van der Waals surface area contributed by atoms with Crippen molar-refractivity contribution < 1.29 is 9.59 Å². The molecule has 0 atom stereocenters. The second-order valence-electron chi connectivity index (χ2n) is 4.00. The molecule has 3 heteroatoms. The molecule has 0 aliphatic heterocycles. The molecule has 0 aromatic heterocycles. The molecule has 3 nitrogen and oxygen atoms in total. The van der Waals surface area contributed by atoms with Gasteiger partial charge in [0.25, 0.3) is 0 Å². The lowest BCUT2D eigenvalue weighted by Gasteiger charge is -2.00. The summed E-state index contributed by atoms with van der Waals surface area (Å²) < 4.78 is 0. The standard InChI is InChI=1S/C14H9NO2/c15-14(17)8-5-6-10-9-3-1-2-4-11(9)13(16)12(10)7-8/h1-7H,(H2,15,17). The molecular weight excluding hydrogens is 214 g/mol. The Hall–Kier alpha value is -2.42. The normalized spacial score (nSPS) is 12.1. The molecule has 0 saturated heterocycles. The molecule has 0 unspecified atom stereocenters. The number of nitrogens with two attached hydrogens (primary N) is 1. The van der Waals surface area contributed by atoms with Crippen molar-refractivity contribution in [2.24, 2.45) is 5.73 Å². The van der Waals surface area contributed by atoms with E-state index in [1.807, 2.05) is 18.2 Å². The van der Waals surface area contributed by atoms with Crippen LogP contribution in [-0.2, 0) is 0 Å². The number of fused-ring (bicyclic) bond motifs is 3. The molecule has 2 N–H and O–H groups in total. The van der Waals surface area contributed by atoms with Crippen LogP contribution in [0.25, 0.3) is 11.1 Å². The first kappa shape index (κ1) is 9.78. The SMILES string of the molecule is NC(=O)c1ccc2c(c1)C(=O)c1ccccc1-2. The third-order valence-electron chi connectivity index (χ3n) is 3.01. The number of hydrogen-bond acceptors (Lipinski definition) is 2. The Labute approximate surface area is 97.9 Å². The second-order valence-corrected chi connectivity index (χ2v) is 4.00. The molecule has 82 valence electrons. The molecule has 2 aromatic carbocycles. The molecule has 1 amide bonds. The summed E-state index contributed by atoms with van der Waals surface area (Å²) in [4.78, 5) is 23.2. The van der Waals surface area contributed by atoms with E-state index < -0.39 is 5.91 Å². The van der Waals surface area contributed by atoms with Crippen molar-refractivity contribution >= 4 is 11.7 Å². The number of amides is 1. The van der Waals surface area contributed by atoms with E-state index in [-0.39, 0.29) is 5.78 Å². The molecule has 2 aromatic rings. The van der Waals surface area contributed by atoms with E-state index in [0.29, 0.717) is 16.7 Å². The molecule has 0 radical (unpaired) electrons. The van der Waals surface area contributed by atoms with Crippen molar-refractivity contribution in [2.75, 3.05) is 0 Å². The summed E-state index contributed by atoms with van der Waals surface area (Å²) in [6, 6.07) is 12.4. The van der Waals surface area contributed by atoms with Gasteiger partial charge in [-0.3, -0.25) is 9.59 Å². The minimum absolute atomic E-state index is 0.0429. The highest BCUT2D eigenvalue weighted by Gasteiger charge is 2.26. The van der Waals surface area contributed by atoms with Crippen LogP contribution in [0, 0.1) is 0 Å². The Morgan fingerprint density at radius 2 is 1.53 bits per heavy atom. The van der Waals surface area contributed by atoms with Gasteiger partial charge in [-0.05, 0) is 23.3 Å². The third kappa shape index (κ3) is 1.29. The van der Waals surface area contributed by atoms with Crippen LogP contribution in [-0.4, -0.2) is 11.7 Å². The lowest BCUT2D eigenvalue weighted by molar-refractivity contribution is 0.1000. The van der Waals surface area contributed by atoms with Crippen molar-refractivity contribution in [3.8, 4) is 11.1 Å². The van der Waals surface area contributed by atoms with Crippen LogP contribution < -0.4 is 5.73 Å². The summed E-state index contributed by atoms with van der Waals surface area (Å²) in [5, 5.41) is 0. The number of primary amides is 1. The fourth-order valence-corrected chi connectivity index (χ4v) is 2.18. The summed E-state index contributed by atoms with van der Waals surface area (Å²) in [5.41, 5.74) is 8.61. The van der Waals surface area contributed by atoms with Gasteiger partial charge in [-0.1, -0.05) is 30.3 Å². The minimum atomic E-state index is -0.517. The minimum Gasteiger partial charge on any atom is -0.366 e. The summed E-state index contributed by atoms with van der Waals surface area (Å²) in [6.07, 6.45) is 0. The van der Waals surface area contributed by atoms with Gasteiger partial charge in [-0.15, -0.1) is 0 Å². The number of ketones is 1. The Kier molecular flexibility index (Phi) is 1.89. The van der Waals surface area contributed by atoms with Gasteiger partial charge in [-0.2, -0.15) is 0 Å². The number of carbonyl (C=O) groups is 2. The van der Waals surface area contributed by atoms with Crippen molar-refractivity contribution in [1.82, 2.24) is 0 Å². The van der Waals surface area contributed by atoms with E-state index in [0.717, 1.165) is 11.1 Å². The largest absolute Gasteiger partial charge is 0.366 e. The van der Waals surface area contributed by atoms with Crippen LogP contribution in [0.3, 0.4) is 0 Å². The molecule has 0 fully saturated rings. The third-order valence-corrected chi connectivity index (χ3v) is 3.01. The van der Waals surface area contributed by atoms with Crippen molar-refractivity contribution in [1.29, 1.82) is 0 Å². The lowest BCUT2D eigenvalue weighted by atomic mass is 10.0. The van der Waals surface area contributed by atoms with Gasteiger partial charge in [0.15, 0.2) is 5.78 Å². The maximum atomic E-state index is 12.1. The van der Waals surface area contributed by atoms with Gasteiger partial charge in [0.1, 0.15) is 0 Å². The topological polar surface area (TPSA) is 60.2 Å². The highest BCUT2D eigenvalue weighted by Crippen LogP contribution is 2.36. The van der Waals surface area contributed by atoms with Crippen LogP contribution in [0.2, 0.25) is 0 Å². The van der Waals surface area contributed by atoms with E-state index in [2.05, 4.69) is 0 Å². The molecule has 1 aliphatic carbocycles. The van der Waals surface area contributed by atoms with Gasteiger partial charge in [-0.25, -0.2) is 0 Å². The van der Waals surface area contributed by atoms with Crippen LogP contribution in [0.5, 0.6) is 0 Å². The fraction of sp³-hybridized carbons (Fsp3) is 0. The zero-order valence-electron chi connectivity index (χ0n) is 8.94. The highest BCUT2D eigenvalue weighted by atomic mass is 16.1. The first-order chi connectivity index (χ1) is 8.18. The van der Waals surface area contributed by atoms with Crippen LogP contribution in [0.15, 0.2) is 42.5 Å². The van der Waals surface area contributed by atoms with Crippen molar-refractivity contribution in [2.45, 2.75) is 0 Å². The van der Waals surface area contributed by atoms with Crippen LogP contribution in [0.1, 0.15) is 26.3 Å². The summed E-state index contributed by atoms with van der Waals surface area (Å²) in [7, 11) is 0. The first-order valence-corrected chi connectivity index (χ1v) is 5.26. The second kappa shape index (κ2) is 3.28. The molecule has 1 aliphatic rings. The van der Waals surface area contributed by atoms with E-state index in [9.17, 15) is 9.59 Å². The number of benzene rings is 2. The van der Waals surface area contributed by atoms with E-state index >= 15 is 0 Å². The number of hydrogen-bond donors (Lipinski definition) is 1. The fourth-order valence-electron chi connectivity index (χ4n) is 2.18. The molecule has 0 saturated carbocycles. The average molecular weight is 223 g/mol. The Morgan fingerprint density at radius 3 is 2.24 bits per heavy atom. The van der Waals surface area contributed by atoms with Gasteiger partial charge in [0.2, 0.25) is 5.91 Å². The monoisotopic (exact) mass is 223 g/mol. The quantitative estimate of drug-likeness (QED) is 0.685.